The predicted molar refractivity (Wildman–Crippen MR) is 71.8 cm³/mol. The van der Waals surface area contributed by atoms with Gasteiger partial charge in [0.2, 0.25) is 0 Å². The van der Waals surface area contributed by atoms with Crippen molar-refractivity contribution in [1.82, 2.24) is 0 Å². The van der Waals surface area contributed by atoms with Crippen LogP contribution in [0.4, 0.5) is 5.69 Å². The summed E-state index contributed by atoms with van der Waals surface area (Å²) in [5.74, 6) is 1.25. The molecule has 90 valence electrons. The summed E-state index contributed by atoms with van der Waals surface area (Å²) in [6, 6.07) is 12.4. The molecule has 0 aliphatic rings. The number of nitriles is 1. The van der Waals surface area contributed by atoms with Crippen LogP contribution in [0, 0.1) is 18.3 Å². The van der Waals surface area contributed by atoms with Gasteiger partial charge in [-0.15, -0.1) is 0 Å². The molecule has 0 radical (unpaired) electrons. The van der Waals surface area contributed by atoms with Crippen molar-refractivity contribution in [2.24, 2.45) is 0 Å². The molecule has 3 nitrogen and oxygen atoms in total. The molecule has 0 aliphatic heterocycles. The van der Waals surface area contributed by atoms with Crippen LogP contribution < -0.4 is 10.5 Å². The maximum absolute atomic E-state index is 8.79. The Bertz CT molecular complexity index is 632. The number of nitrogens with zero attached hydrogens (tertiary/aromatic N) is 1. The number of rotatable bonds is 2. The highest BCUT2D eigenvalue weighted by Gasteiger charge is 2.05. The Morgan fingerprint density at radius 3 is 2.67 bits per heavy atom. The zero-order valence-corrected chi connectivity index (χ0v) is 10.5. The van der Waals surface area contributed by atoms with E-state index < -0.39 is 0 Å². The van der Waals surface area contributed by atoms with Gasteiger partial charge in [-0.25, -0.2) is 0 Å². The van der Waals surface area contributed by atoms with E-state index >= 15 is 0 Å². The number of anilines is 1. The van der Waals surface area contributed by atoms with E-state index in [4.69, 9.17) is 27.3 Å². The Morgan fingerprint density at radius 1 is 1.22 bits per heavy atom. The van der Waals surface area contributed by atoms with Crippen LogP contribution >= 0.6 is 11.6 Å². The molecule has 18 heavy (non-hydrogen) atoms. The molecule has 0 spiro atoms. The maximum atomic E-state index is 8.79. The summed E-state index contributed by atoms with van der Waals surface area (Å²) in [6.07, 6.45) is 0. The number of ether oxygens (including phenoxy) is 1. The second-order valence-electron chi connectivity index (χ2n) is 3.88. The van der Waals surface area contributed by atoms with Crippen molar-refractivity contribution >= 4 is 17.3 Å². The van der Waals surface area contributed by atoms with Crippen LogP contribution in [0.1, 0.15) is 11.1 Å². The molecule has 0 saturated heterocycles. The smallest absolute Gasteiger partial charge is 0.132 e. The minimum absolute atomic E-state index is 0.372. The standard InChI is InChI=1S/C14H11ClN2O/c1-9-2-4-11(17)6-14(9)18-12-5-3-10(8-16)13(15)7-12/h2-7H,17H2,1H3. The number of halogens is 1. The van der Waals surface area contributed by atoms with Crippen LogP contribution in [-0.4, -0.2) is 0 Å². The number of nitrogens with two attached hydrogens (primary N) is 1. The molecule has 0 bridgehead atoms. The Kier molecular flexibility index (Phi) is 3.40. The third-order valence-electron chi connectivity index (χ3n) is 2.50. The fourth-order valence-corrected chi connectivity index (χ4v) is 1.72. The van der Waals surface area contributed by atoms with Crippen LogP contribution in [-0.2, 0) is 0 Å². The van der Waals surface area contributed by atoms with E-state index in [2.05, 4.69) is 0 Å². The minimum atomic E-state index is 0.372. The molecule has 0 atom stereocenters. The predicted octanol–water partition coefficient (Wildman–Crippen LogP) is 3.89. The van der Waals surface area contributed by atoms with Crippen molar-refractivity contribution in [3.8, 4) is 17.6 Å². The fraction of sp³-hybridized carbons (Fsp3) is 0.0714. The minimum Gasteiger partial charge on any atom is -0.457 e. The number of hydrogen-bond acceptors (Lipinski definition) is 3. The molecule has 2 N–H and O–H groups in total. The van der Waals surface area contributed by atoms with Crippen LogP contribution in [0.5, 0.6) is 11.5 Å². The summed E-state index contributed by atoms with van der Waals surface area (Å²) in [5, 5.41) is 9.16. The molecular weight excluding hydrogens is 248 g/mol. The van der Waals surface area contributed by atoms with Crippen molar-refractivity contribution in [3.05, 3.63) is 52.5 Å². The van der Waals surface area contributed by atoms with Gasteiger partial charge in [-0.05, 0) is 30.7 Å². The summed E-state index contributed by atoms with van der Waals surface area (Å²) in [5.41, 5.74) is 7.74. The summed E-state index contributed by atoms with van der Waals surface area (Å²) in [4.78, 5) is 0. The first-order valence-electron chi connectivity index (χ1n) is 5.34. The van der Waals surface area contributed by atoms with Crippen LogP contribution in [0.25, 0.3) is 0 Å². The van der Waals surface area contributed by atoms with Gasteiger partial charge in [0.25, 0.3) is 0 Å². The topological polar surface area (TPSA) is 59.0 Å². The lowest BCUT2D eigenvalue weighted by molar-refractivity contribution is 0.479. The molecule has 0 unspecified atom stereocenters. The molecule has 0 aromatic heterocycles. The van der Waals surface area contributed by atoms with Gasteiger partial charge in [-0.1, -0.05) is 17.7 Å². The Balaban J connectivity index is 2.32. The van der Waals surface area contributed by atoms with Crippen molar-refractivity contribution in [2.45, 2.75) is 6.92 Å². The quantitative estimate of drug-likeness (QED) is 0.831. The van der Waals surface area contributed by atoms with Gasteiger partial charge in [0.05, 0.1) is 10.6 Å². The molecule has 0 amide bonds. The maximum Gasteiger partial charge on any atom is 0.132 e. The van der Waals surface area contributed by atoms with Gasteiger partial charge < -0.3 is 10.5 Å². The van der Waals surface area contributed by atoms with Crippen molar-refractivity contribution in [3.63, 3.8) is 0 Å². The van der Waals surface area contributed by atoms with Crippen molar-refractivity contribution in [1.29, 1.82) is 5.26 Å². The van der Waals surface area contributed by atoms with Gasteiger partial charge in [0.15, 0.2) is 0 Å². The average molecular weight is 259 g/mol. The summed E-state index contributed by atoms with van der Waals surface area (Å²) >= 11 is 5.94. The van der Waals surface area contributed by atoms with E-state index in [9.17, 15) is 0 Å². The number of nitrogen functional groups attached to an aromatic ring is 1. The molecule has 4 heteroatoms. The van der Waals surface area contributed by atoms with Gasteiger partial charge >= 0.3 is 0 Å². The van der Waals surface area contributed by atoms with E-state index in [1.165, 1.54) is 0 Å². The average Bonchev–Trinajstić information content (AvgIpc) is 2.34. The first-order valence-corrected chi connectivity index (χ1v) is 5.71. The largest absolute Gasteiger partial charge is 0.457 e. The second kappa shape index (κ2) is 4.99. The molecular formula is C14H11ClN2O. The van der Waals surface area contributed by atoms with Gasteiger partial charge in [-0.2, -0.15) is 5.26 Å². The molecule has 0 heterocycles. The molecule has 2 rings (SSSR count). The normalized spacial score (nSPS) is 9.83. The number of benzene rings is 2. The van der Waals surface area contributed by atoms with Gasteiger partial charge in [-0.3, -0.25) is 0 Å². The van der Waals surface area contributed by atoms with Crippen molar-refractivity contribution in [2.75, 3.05) is 5.73 Å². The van der Waals surface area contributed by atoms with E-state index in [-0.39, 0.29) is 0 Å². The number of hydrogen-bond donors (Lipinski definition) is 1. The lowest BCUT2D eigenvalue weighted by Crippen LogP contribution is -1.91. The third kappa shape index (κ3) is 2.55. The van der Waals surface area contributed by atoms with E-state index in [0.29, 0.717) is 27.8 Å². The van der Waals surface area contributed by atoms with Crippen LogP contribution in [0.2, 0.25) is 5.02 Å². The zero-order chi connectivity index (χ0) is 13.1. The van der Waals surface area contributed by atoms with Crippen molar-refractivity contribution < 1.29 is 4.74 Å². The summed E-state index contributed by atoms with van der Waals surface area (Å²) < 4.78 is 5.70. The van der Waals surface area contributed by atoms with Gasteiger partial charge in [0, 0.05) is 17.8 Å². The highest BCUT2D eigenvalue weighted by Crippen LogP contribution is 2.29. The monoisotopic (exact) mass is 258 g/mol. The first kappa shape index (κ1) is 12.3. The highest BCUT2D eigenvalue weighted by atomic mass is 35.5. The molecule has 0 aliphatic carbocycles. The van der Waals surface area contributed by atoms with E-state index in [1.807, 2.05) is 25.1 Å². The molecule has 0 fully saturated rings. The highest BCUT2D eigenvalue weighted by molar-refractivity contribution is 6.31. The zero-order valence-electron chi connectivity index (χ0n) is 9.77. The molecule has 2 aromatic carbocycles. The summed E-state index contributed by atoms with van der Waals surface area (Å²) in [7, 11) is 0. The number of aryl methyl sites for hydroxylation is 1. The molecule has 2 aromatic rings. The van der Waals surface area contributed by atoms with Crippen LogP contribution in [0.15, 0.2) is 36.4 Å². The van der Waals surface area contributed by atoms with Gasteiger partial charge in [0.1, 0.15) is 17.6 Å². The lowest BCUT2D eigenvalue weighted by atomic mass is 10.2. The Labute approximate surface area is 110 Å². The van der Waals surface area contributed by atoms with E-state index in [0.717, 1.165) is 5.56 Å². The third-order valence-corrected chi connectivity index (χ3v) is 2.81. The fourth-order valence-electron chi connectivity index (χ4n) is 1.50. The van der Waals surface area contributed by atoms with E-state index in [1.54, 1.807) is 24.3 Å². The SMILES string of the molecule is Cc1ccc(N)cc1Oc1ccc(C#N)c(Cl)c1. The van der Waals surface area contributed by atoms with Crippen LogP contribution in [0.3, 0.4) is 0 Å². The summed E-state index contributed by atoms with van der Waals surface area (Å²) in [6.45, 7) is 1.93. The Hall–Kier alpha value is -2.18. The lowest BCUT2D eigenvalue weighted by Gasteiger charge is -2.10. The molecule has 0 saturated carbocycles. The Morgan fingerprint density at radius 2 is 2.00 bits per heavy atom. The second-order valence-corrected chi connectivity index (χ2v) is 4.29. The first-order chi connectivity index (χ1) is 8.60.